The summed E-state index contributed by atoms with van der Waals surface area (Å²) in [5.41, 5.74) is 2.14. The van der Waals surface area contributed by atoms with E-state index in [1.165, 1.54) is 5.56 Å². The van der Waals surface area contributed by atoms with E-state index >= 15 is 0 Å². The quantitative estimate of drug-likeness (QED) is 0.753. The summed E-state index contributed by atoms with van der Waals surface area (Å²) in [5, 5.41) is 2.99. The lowest BCUT2D eigenvalue weighted by molar-refractivity contribution is -0.163. The highest BCUT2D eigenvalue weighted by molar-refractivity contribution is 5.99. The second-order valence-electron chi connectivity index (χ2n) is 8.94. The van der Waals surface area contributed by atoms with Crippen LogP contribution in [0.2, 0.25) is 0 Å². The molecule has 2 aliphatic carbocycles. The highest BCUT2D eigenvalue weighted by Crippen LogP contribution is 2.36. The molecule has 162 valence electrons. The van der Waals surface area contributed by atoms with Gasteiger partial charge in [0.25, 0.3) is 5.91 Å². The Kier molecular flexibility index (Phi) is 6.40. The molecule has 1 N–H and O–H groups in total. The van der Waals surface area contributed by atoms with Crippen molar-refractivity contribution in [1.29, 1.82) is 0 Å². The summed E-state index contributed by atoms with van der Waals surface area (Å²) in [6.45, 7) is 2.29. The van der Waals surface area contributed by atoms with Gasteiger partial charge in [-0.3, -0.25) is 14.4 Å². The van der Waals surface area contributed by atoms with Crippen LogP contribution in [0.5, 0.6) is 0 Å². The molecule has 1 aliphatic heterocycles. The predicted molar refractivity (Wildman–Crippen MR) is 114 cm³/mol. The summed E-state index contributed by atoms with van der Waals surface area (Å²) >= 11 is 0. The van der Waals surface area contributed by atoms with Gasteiger partial charge in [-0.2, -0.15) is 0 Å². The maximum absolute atomic E-state index is 13.4. The van der Waals surface area contributed by atoms with Gasteiger partial charge in [-0.1, -0.05) is 43.9 Å². The zero-order valence-corrected chi connectivity index (χ0v) is 17.8. The number of nitrogens with one attached hydrogen (secondary N) is 1. The summed E-state index contributed by atoms with van der Waals surface area (Å²) in [7, 11) is 0. The largest absolute Gasteiger partial charge is 0.452 e. The standard InChI is InChI=1S/C24H32N2O4/c1-16(22(27)25-18-9-3-4-10-18)30-24(29)20-12-6-5-11-19(20)23(28)26-15-14-17-8-2-7-13-21(17)26/h2,7-8,13,16,18-20H,3-6,9-12,14-15H2,1H3,(H,25,27). The Morgan fingerprint density at radius 1 is 1.00 bits per heavy atom. The van der Waals surface area contributed by atoms with Crippen molar-refractivity contribution in [3.05, 3.63) is 29.8 Å². The van der Waals surface area contributed by atoms with Crippen LogP contribution in [0.3, 0.4) is 0 Å². The van der Waals surface area contributed by atoms with Gasteiger partial charge in [0.05, 0.1) is 11.8 Å². The zero-order valence-electron chi connectivity index (χ0n) is 17.8. The van der Waals surface area contributed by atoms with E-state index in [2.05, 4.69) is 11.4 Å². The van der Waals surface area contributed by atoms with Crippen molar-refractivity contribution in [1.82, 2.24) is 5.32 Å². The monoisotopic (exact) mass is 412 g/mol. The predicted octanol–water partition coefficient (Wildman–Crippen LogP) is 3.37. The third-order valence-electron chi connectivity index (χ3n) is 6.90. The SMILES string of the molecule is CC(OC(=O)C1CCCCC1C(=O)N1CCc2ccccc21)C(=O)NC1CCCC1. The smallest absolute Gasteiger partial charge is 0.310 e. The highest BCUT2D eigenvalue weighted by Gasteiger charge is 2.41. The lowest BCUT2D eigenvalue weighted by atomic mass is 9.78. The fourth-order valence-electron chi connectivity index (χ4n) is 5.18. The lowest BCUT2D eigenvalue weighted by Crippen LogP contribution is -2.45. The Balaban J connectivity index is 1.40. The van der Waals surface area contributed by atoms with E-state index in [0.29, 0.717) is 19.4 Å². The second-order valence-corrected chi connectivity index (χ2v) is 8.94. The Morgan fingerprint density at radius 2 is 1.67 bits per heavy atom. The van der Waals surface area contributed by atoms with Crippen LogP contribution < -0.4 is 10.2 Å². The van der Waals surface area contributed by atoms with Crippen LogP contribution in [0.15, 0.2) is 24.3 Å². The Labute approximate surface area is 178 Å². The Morgan fingerprint density at radius 3 is 2.43 bits per heavy atom. The lowest BCUT2D eigenvalue weighted by Gasteiger charge is -2.32. The molecule has 1 aromatic rings. The van der Waals surface area contributed by atoms with E-state index in [9.17, 15) is 14.4 Å². The van der Waals surface area contributed by atoms with Gasteiger partial charge in [0.15, 0.2) is 6.10 Å². The van der Waals surface area contributed by atoms with Crippen LogP contribution in [0.4, 0.5) is 5.69 Å². The third-order valence-corrected chi connectivity index (χ3v) is 6.90. The first-order chi connectivity index (χ1) is 14.5. The van der Waals surface area contributed by atoms with Gasteiger partial charge >= 0.3 is 5.97 Å². The van der Waals surface area contributed by atoms with Crippen molar-refractivity contribution in [3.63, 3.8) is 0 Å². The van der Waals surface area contributed by atoms with Crippen LogP contribution in [0.25, 0.3) is 0 Å². The fraction of sp³-hybridized carbons (Fsp3) is 0.625. The molecule has 1 aromatic carbocycles. The van der Waals surface area contributed by atoms with Crippen LogP contribution in [-0.2, 0) is 25.5 Å². The normalized spacial score (nSPS) is 24.9. The van der Waals surface area contributed by atoms with Crippen LogP contribution in [-0.4, -0.2) is 36.5 Å². The van der Waals surface area contributed by atoms with Crippen molar-refractivity contribution in [2.75, 3.05) is 11.4 Å². The van der Waals surface area contributed by atoms with Crippen molar-refractivity contribution < 1.29 is 19.1 Å². The number of esters is 1. The summed E-state index contributed by atoms with van der Waals surface area (Å²) < 4.78 is 5.55. The van der Waals surface area contributed by atoms with Crippen molar-refractivity contribution in [2.24, 2.45) is 11.8 Å². The summed E-state index contributed by atoms with van der Waals surface area (Å²) in [4.78, 5) is 40.6. The number of benzene rings is 1. The van der Waals surface area contributed by atoms with E-state index in [1.807, 2.05) is 23.1 Å². The molecule has 2 amide bonds. The maximum atomic E-state index is 13.4. The summed E-state index contributed by atoms with van der Waals surface area (Å²) in [5.74, 6) is -1.47. The van der Waals surface area contributed by atoms with E-state index < -0.39 is 18.0 Å². The van der Waals surface area contributed by atoms with Crippen molar-refractivity contribution in [3.8, 4) is 0 Å². The van der Waals surface area contributed by atoms with E-state index in [0.717, 1.165) is 50.6 Å². The number of anilines is 1. The average Bonchev–Trinajstić information content (AvgIpc) is 3.43. The number of hydrogen-bond donors (Lipinski definition) is 1. The van der Waals surface area contributed by atoms with Gasteiger partial charge in [0, 0.05) is 18.3 Å². The maximum Gasteiger partial charge on any atom is 0.310 e. The molecule has 0 saturated heterocycles. The molecule has 3 unspecified atom stereocenters. The molecule has 0 aromatic heterocycles. The number of carbonyl (C=O) groups is 3. The highest BCUT2D eigenvalue weighted by atomic mass is 16.5. The molecule has 3 atom stereocenters. The first-order valence-corrected chi connectivity index (χ1v) is 11.4. The fourth-order valence-corrected chi connectivity index (χ4v) is 5.18. The summed E-state index contributed by atoms with van der Waals surface area (Å²) in [6, 6.07) is 8.16. The van der Waals surface area contributed by atoms with Crippen LogP contribution >= 0.6 is 0 Å². The minimum Gasteiger partial charge on any atom is -0.452 e. The number of rotatable bonds is 5. The van der Waals surface area contributed by atoms with E-state index in [4.69, 9.17) is 4.74 Å². The number of para-hydroxylation sites is 1. The third kappa shape index (κ3) is 4.37. The van der Waals surface area contributed by atoms with Crippen LogP contribution in [0, 0.1) is 11.8 Å². The van der Waals surface area contributed by atoms with E-state index in [1.54, 1.807) is 6.92 Å². The van der Waals surface area contributed by atoms with Crippen molar-refractivity contribution in [2.45, 2.75) is 76.9 Å². The topological polar surface area (TPSA) is 75.7 Å². The number of amides is 2. The molecule has 30 heavy (non-hydrogen) atoms. The molecule has 0 spiro atoms. The Bertz CT molecular complexity index is 802. The molecule has 0 radical (unpaired) electrons. The summed E-state index contributed by atoms with van der Waals surface area (Å²) in [6.07, 6.45) is 7.43. The zero-order chi connectivity index (χ0) is 21.1. The van der Waals surface area contributed by atoms with Gasteiger partial charge < -0.3 is 15.0 Å². The minimum atomic E-state index is -0.830. The molecule has 3 aliphatic rings. The Hall–Kier alpha value is -2.37. The van der Waals surface area contributed by atoms with Gasteiger partial charge in [-0.05, 0) is 50.7 Å². The number of nitrogens with zero attached hydrogens (tertiary/aromatic N) is 1. The number of hydrogen-bond acceptors (Lipinski definition) is 4. The molecule has 2 saturated carbocycles. The average molecular weight is 413 g/mol. The van der Waals surface area contributed by atoms with Crippen molar-refractivity contribution >= 4 is 23.5 Å². The van der Waals surface area contributed by atoms with Gasteiger partial charge in [0.1, 0.15) is 0 Å². The molecule has 4 rings (SSSR count). The molecular formula is C24H32N2O4. The number of fused-ring (bicyclic) bond motifs is 1. The molecule has 6 nitrogen and oxygen atoms in total. The molecule has 2 fully saturated rings. The van der Waals surface area contributed by atoms with Gasteiger partial charge in [-0.15, -0.1) is 0 Å². The molecule has 6 heteroatoms. The molecular weight excluding hydrogens is 380 g/mol. The van der Waals surface area contributed by atoms with Crippen LogP contribution in [0.1, 0.15) is 63.9 Å². The van der Waals surface area contributed by atoms with Gasteiger partial charge in [0.2, 0.25) is 5.91 Å². The minimum absolute atomic E-state index is 0.0182. The second kappa shape index (κ2) is 9.19. The number of ether oxygens (including phenoxy) is 1. The first-order valence-electron chi connectivity index (χ1n) is 11.4. The molecule has 0 bridgehead atoms. The van der Waals surface area contributed by atoms with E-state index in [-0.39, 0.29) is 23.8 Å². The first kappa shape index (κ1) is 20.9. The number of carbonyl (C=O) groups excluding carboxylic acids is 3. The van der Waals surface area contributed by atoms with Gasteiger partial charge in [-0.25, -0.2) is 0 Å². The molecule has 1 heterocycles.